The average molecular weight is 470 g/mol. The molecular weight excluding hydrogens is 445 g/mol. The van der Waals surface area contributed by atoms with Crippen molar-refractivity contribution in [2.24, 2.45) is 5.92 Å². The van der Waals surface area contributed by atoms with Gasteiger partial charge in [0.15, 0.2) is 0 Å². The van der Waals surface area contributed by atoms with Crippen LogP contribution in [0.5, 0.6) is 0 Å². The molecular formula is C25H25F3N4O2. The maximum Gasteiger partial charge on any atom is 0.416 e. The third kappa shape index (κ3) is 5.30. The fourth-order valence-corrected chi connectivity index (χ4v) is 4.04. The van der Waals surface area contributed by atoms with Crippen molar-refractivity contribution in [2.45, 2.75) is 32.4 Å². The average Bonchev–Trinajstić information content (AvgIpc) is 2.84. The molecule has 1 amide bonds. The van der Waals surface area contributed by atoms with Gasteiger partial charge in [-0.3, -0.25) is 9.59 Å². The van der Waals surface area contributed by atoms with Crippen molar-refractivity contribution in [1.82, 2.24) is 9.78 Å². The van der Waals surface area contributed by atoms with Crippen LogP contribution in [0.2, 0.25) is 0 Å². The summed E-state index contributed by atoms with van der Waals surface area (Å²) in [4.78, 5) is 27.2. The first-order valence-electron chi connectivity index (χ1n) is 11.2. The van der Waals surface area contributed by atoms with Crippen LogP contribution < -0.4 is 15.8 Å². The van der Waals surface area contributed by atoms with Crippen LogP contribution >= 0.6 is 0 Å². The molecule has 1 aliphatic heterocycles. The lowest BCUT2D eigenvalue weighted by molar-refractivity contribution is -0.137. The Hall–Kier alpha value is -3.62. The highest BCUT2D eigenvalue weighted by Crippen LogP contribution is 2.31. The molecule has 6 nitrogen and oxygen atoms in total. The monoisotopic (exact) mass is 470 g/mol. The van der Waals surface area contributed by atoms with Crippen molar-refractivity contribution >= 4 is 17.4 Å². The molecule has 1 fully saturated rings. The molecule has 0 bridgehead atoms. The highest BCUT2D eigenvalue weighted by molar-refractivity contribution is 5.93. The number of aryl methyl sites for hydroxylation is 1. The smallest absolute Gasteiger partial charge is 0.354 e. The van der Waals surface area contributed by atoms with E-state index >= 15 is 0 Å². The third-order valence-corrected chi connectivity index (χ3v) is 5.95. The van der Waals surface area contributed by atoms with Crippen LogP contribution in [-0.2, 0) is 17.4 Å². The molecule has 0 saturated carbocycles. The summed E-state index contributed by atoms with van der Waals surface area (Å²) in [7, 11) is 0. The van der Waals surface area contributed by atoms with Gasteiger partial charge in [-0.05, 0) is 61.2 Å². The number of piperidine rings is 1. The maximum atomic E-state index is 13.0. The Bertz CT molecular complexity index is 1220. The van der Waals surface area contributed by atoms with Gasteiger partial charge in [0.05, 0.1) is 17.2 Å². The first kappa shape index (κ1) is 23.5. The zero-order chi connectivity index (χ0) is 24.3. The summed E-state index contributed by atoms with van der Waals surface area (Å²) in [6.07, 6.45) is -2.26. The van der Waals surface area contributed by atoms with E-state index in [2.05, 4.69) is 17.3 Å². The van der Waals surface area contributed by atoms with Crippen LogP contribution in [-0.4, -0.2) is 28.8 Å². The second-order valence-electron chi connectivity index (χ2n) is 8.31. The fraction of sp³-hybridized carbons (Fsp3) is 0.320. The van der Waals surface area contributed by atoms with Gasteiger partial charge in [-0.1, -0.05) is 25.1 Å². The van der Waals surface area contributed by atoms with Crippen LogP contribution in [0.3, 0.4) is 0 Å². The van der Waals surface area contributed by atoms with Gasteiger partial charge in [-0.15, -0.1) is 5.10 Å². The Labute approximate surface area is 195 Å². The van der Waals surface area contributed by atoms with Gasteiger partial charge in [0, 0.05) is 24.8 Å². The second-order valence-corrected chi connectivity index (χ2v) is 8.31. The van der Waals surface area contributed by atoms with Gasteiger partial charge >= 0.3 is 6.18 Å². The van der Waals surface area contributed by atoms with Gasteiger partial charge in [0.1, 0.15) is 5.82 Å². The number of hydrogen-bond acceptors (Lipinski definition) is 4. The van der Waals surface area contributed by atoms with Crippen LogP contribution in [0.25, 0.3) is 5.69 Å². The first-order valence-corrected chi connectivity index (χ1v) is 11.2. The van der Waals surface area contributed by atoms with E-state index in [0.29, 0.717) is 37.4 Å². The molecule has 1 aliphatic rings. The molecule has 1 aromatic heterocycles. The van der Waals surface area contributed by atoms with E-state index in [-0.39, 0.29) is 17.2 Å². The molecule has 1 atom stereocenters. The summed E-state index contributed by atoms with van der Waals surface area (Å²) in [5.74, 6) is -0.197. The Kier molecular flexibility index (Phi) is 6.72. The minimum Gasteiger partial charge on any atom is -0.354 e. The molecule has 0 radical (unpaired) electrons. The number of nitrogens with one attached hydrogen (secondary N) is 1. The van der Waals surface area contributed by atoms with Crippen molar-refractivity contribution in [3.05, 3.63) is 82.1 Å². The largest absolute Gasteiger partial charge is 0.416 e. The number of alkyl halides is 3. The third-order valence-electron chi connectivity index (χ3n) is 5.95. The van der Waals surface area contributed by atoms with Gasteiger partial charge < -0.3 is 10.2 Å². The summed E-state index contributed by atoms with van der Waals surface area (Å²) in [5, 5.41) is 7.12. The van der Waals surface area contributed by atoms with E-state index in [1.807, 2.05) is 29.2 Å². The van der Waals surface area contributed by atoms with Crippen molar-refractivity contribution in [2.75, 3.05) is 23.3 Å². The van der Waals surface area contributed by atoms with E-state index in [9.17, 15) is 22.8 Å². The normalized spacial score (nSPS) is 16.4. The van der Waals surface area contributed by atoms with Crippen molar-refractivity contribution in [1.29, 1.82) is 0 Å². The number of halogens is 3. The zero-order valence-corrected chi connectivity index (χ0v) is 18.7. The van der Waals surface area contributed by atoms with Crippen LogP contribution in [0, 0.1) is 5.92 Å². The molecule has 1 saturated heterocycles. The highest BCUT2D eigenvalue weighted by Gasteiger charge is 2.31. The fourth-order valence-electron chi connectivity index (χ4n) is 4.04. The number of rotatable bonds is 5. The van der Waals surface area contributed by atoms with Crippen molar-refractivity contribution in [3.63, 3.8) is 0 Å². The Morgan fingerprint density at radius 3 is 2.59 bits per heavy atom. The molecule has 0 spiro atoms. The zero-order valence-electron chi connectivity index (χ0n) is 18.7. The topological polar surface area (TPSA) is 67.2 Å². The number of aromatic nitrogens is 2. The number of amides is 1. The van der Waals surface area contributed by atoms with Crippen LogP contribution in [0.1, 0.15) is 30.9 Å². The van der Waals surface area contributed by atoms with Crippen molar-refractivity contribution in [3.8, 4) is 5.69 Å². The van der Waals surface area contributed by atoms with E-state index in [4.69, 9.17) is 0 Å². The summed E-state index contributed by atoms with van der Waals surface area (Å²) >= 11 is 0. The predicted molar refractivity (Wildman–Crippen MR) is 124 cm³/mol. The molecule has 0 unspecified atom stereocenters. The van der Waals surface area contributed by atoms with E-state index in [1.54, 1.807) is 6.07 Å². The van der Waals surface area contributed by atoms with Crippen molar-refractivity contribution < 1.29 is 18.0 Å². The van der Waals surface area contributed by atoms with Crippen LogP contribution in [0.4, 0.5) is 24.7 Å². The lowest BCUT2D eigenvalue weighted by Crippen LogP contribution is -2.41. The van der Waals surface area contributed by atoms with Gasteiger partial charge in [-0.2, -0.15) is 17.9 Å². The summed E-state index contributed by atoms with van der Waals surface area (Å²) in [6, 6.07) is 15.3. The molecule has 2 aromatic carbocycles. The molecule has 4 rings (SSSR count). The molecule has 34 heavy (non-hydrogen) atoms. The number of hydrogen-bond donors (Lipinski definition) is 1. The molecule has 0 aliphatic carbocycles. The quantitative estimate of drug-likeness (QED) is 0.589. The van der Waals surface area contributed by atoms with E-state index in [1.165, 1.54) is 22.9 Å². The van der Waals surface area contributed by atoms with E-state index in [0.717, 1.165) is 24.1 Å². The first-order chi connectivity index (χ1) is 16.2. The SMILES string of the molecule is CCc1ccc(-n2nc(N3CCC[C@@H](C(=O)Nc4cccc(C(F)(F)F)c4)C3)ccc2=O)cc1. The number of carbonyl (C=O) groups is 1. The highest BCUT2D eigenvalue weighted by atomic mass is 19.4. The minimum absolute atomic E-state index is 0.110. The molecule has 3 aromatic rings. The number of anilines is 2. The Morgan fingerprint density at radius 2 is 1.88 bits per heavy atom. The number of benzene rings is 2. The van der Waals surface area contributed by atoms with Gasteiger partial charge in [0.25, 0.3) is 5.56 Å². The summed E-state index contributed by atoms with van der Waals surface area (Å²) < 4.78 is 40.2. The van der Waals surface area contributed by atoms with Crippen LogP contribution in [0.15, 0.2) is 65.5 Å². The van der Waals surface area contributed by atoms with E-state index < -0.39 is 17.7 Å². The number of carbonyl (C=O) groups excluding carboxylic acids is 1. The predicted octanol–water partition coefficient (Wildman–Crippen LogP) is 4.67. The van der Waals surface area contributed by atoms with Gasteiger partial charge in [-0.25, -0.2) is 0 Å². The Balaban J connectivity index is 1.49. The molecule has 9 heteroatoms. The lowest BCUT2D eigenvalue weighted by atomic mass is 9.97. The number of nitrogens with zero attached hydrogens (tertiary/aromatic N) is 3. The maximum absolute atomic E-state index is 13.0. The summed E-state index contributed by atoms with van der Waals surface area (Å²) in [5.41, 5.74) is 0.843. The molecule has 178 valence electrons. The molecule has 2 heterocycles. The van der Waals surface area contributed by atoms with Gasteiger partial charge in [0.2, 0.25) is 5.91 Å². The lowest BCUT2D eigenvalue weighted by Gasteiger charge is -2.33. The second kappa shape index (κ2) is 9.70. The Morgan fingerprint density at radius 1 is 1.12 bits per heavy atom. The summed E-state index contributed by atoms with van der Waals surface area (Å²) in [6.45, 7) is 3.06. The minimum atomic E-state index is -4.48. The standard InChI is InChI=1S/C25H25F3N4O2/c1-2-17-8-10-21(11-9-17)32-23(33)13-12-22(30-32)31-14-4-5-18(16-31)24(34)29-20-7-3-6-19(15-20)25(26,27)28/h3,6-13,15,18H,2,4-5,14,16H2,1H3,(H,29,34)/t18-/m1/s1. The molecule has 1 N–H and O–H groups in total.